The topological polar surface area (TPSA) is 96.0 Å². The molecule has 0 saturated heterocycles. The lowest BCUT2D eigenvalue weighted by Crippen LogP contribution is -2.45. The summed E-state index contributed by atoms with van der Waals surface area (Å²) in [6.45, 7) is 11.5. The molecular formula is C21H30O7. The van der Waals surface area contributed by atoms with Crippen molar-refractivity contribution >= 4 is 23.7 Å². The number of hydrogen-bond donors (Lipinski definition) is 0. The van der Waals surface area contributed by atoms with E-state index >= 15 is 0 Å². The molecule has 0 amide bonds. The van der Waals surface area contributed by atoms with Gasteiger partial charge in [0.15, 0.2) is 11.9 Å². The van der Waals surface area contributed by atoms with Gasteiger partial charge >= 0.3 is 17.9 Å². The summed E-state index contributed by atoms with van der Waals surface area (Å²) in [5.74, 6) is -2.59. The van der Waals surface area contributed by atoms with E-state index in [1.807, 2.05) is 19.9 Å². The predicted molar refractivity (Wildman–Crippen MR) is 102 cm³/mol. The third kappa shape index (κ3) is 7.29. The second-order valence-corrected chi connectivity index (χ2v) is 7.35. The van der Waals surface area contributed by atoms with Crippen LogP contribution in [0.3, 0.4) is 0 Å². The number of allylic oxidation sites excluding steroid dienone is 1. The number of carbonyl (C=O) groups is 4. The number of ether oxygens (including phenoxy) is 3. The van der Waals surface area contributed by atoms with E-state index in [4.69, 9.17) is 14.2 Å². The van der Waals surface area contributed by atoms with Crippen molar-refractivity contribution < 1.29 is 33.4 Å². The van der Waals surface area contributed by atoms with Gasteiger partial charge in [0, 0.05) is 33.1 Å². The third-order valence-corrected chi connectivity index (χ3v) is 4.57. The molecule has 0 heterocycles. The summed E-state index contributed by atoms with van der Waals surface area (Å²) < 4.78 is 16.0. The van der Waals surface area contributed by atoms with E-state index in [2.05, 4.69) is 6.58 Å². The van der Waals surface area contributed by atoms with Crippen LogP contribution in [0.1, 0.15) is 53.9 Å². The van der Waals surface area contributed by atoms with E-state index in [1.165, 1.54) is 20.8 Å². The molecule has 0 aliphatic heterocycles. The van der Waals surface area contributed by atoms with Crippen LogP contribution in [-0.4, -0.2) is 42.5 Å². The Morgan fingerprint density at radius 3 is 2.21 bits per heavy atom. The molecule has 0 unspecified atom stereocenters. The lowest BCUT2D eigenvalue weighted by atomic mass is 9.78. The Labute approximate surface area is 166 Å². The summed E-state index contributed by atoms with van der Waals surface area (Å²) in [6, 6.07) is 0. The lowest BCUT2D eigenvalue weighted by molar-refractivity contribution is -0.166. The summed E-state index contributed by atoms with van der Waals surface area (Å²) in [5, 5.41) is 0. The fourth-order valence-corrected chi connectivity index (χ4v) is 3.36. The number of esters is 3. The smallest absolute Gasteiger partial charge is 0.303 e. The first-order valence-electron chi connectivity index (χ1n) is 9.40. The van der Waals surface area contributed by atoms with Gasteiger partial charge in [-0.15, -0.1) is 0 Å². The summed E-state index contributed by atoms with van der Waals surface area (Å²) >= 11 is 0. The Balaban J connectivity index is 3.39. The lowest BCUT2D eigenvalue weighted by Gasteiger charge is -2.35. The zero-order valence-electron chi connectivity index (χ0n) is 17.3. The van der Waals surface area contributed by atoms with Crippen LogP contribution in [0.2, 0.25) is 0 Å². The number of ketones is 1. The van der Waals surface area contributed by atoms with Crippen LogP contribution in [0.4, 0.5) is 0 Å². The van der Waals surface area contributed by atoms with Crippen LogP contribution in [0.25, 0.3) is 0 Å². The van der Waals surface area contributed by atoms with Crippen LogP contribution in [0.5, 0.6) is 0 Å². The number of rotatable bonds is 5. The van der Waals surface area contributed by atoms with Gasteiger partial charge in [0.05, 0.1) is 0 Å². The molecule has 28 heavy (non-hydrogen) atoms. The number of Topliss-reactive ketones (excluding diaryl/α,β-unsaturated/α-hetero) is 1. The summed E-state index contributed by atoms with van der Waals surface area (Å²) in [6.07, 6.45) is 1.23. The normalized spacial score (nSPS) is 25.5. The largest absolute Gasteiger partial charge is 0.462 e. The van der Waals surface area contributed by atoms with Gasteiger partial charge in [-0.2, -0.15) is 0 Å². The molecule has 0 fully saturated rings. The van der Waals surface area contributed by atoms with Gasteiger partial charge in [0.2, 0.25) is 0 Å². The molecule has 0 spiro atoms. The molecule has 1 aliphatic carbocycles. The Bertz CT molecular complexity index is 660. The molecule has 1 rings (SSSR count). The first-order chi connectivity index (χ1) is 13.0. The number of hydrogen-bond acceptors (Lipinski definition) is 7. The average molecular weight is 394 g/mol. The first-order valence-corrected chi connectivity index (χ1v) is 9.40. The molecule has 0 aromatic heterocycles. The molecule has 3 atom stereocenters. The molecule has 0 aromatic rings. The van der Waals surface area contributed by atoms with Gasteiger partial charge in [0.1, 0.15) is 12.7 Å². The quantitative estimate of drug-likeness (QED) is 0.306. The minimum absolute atomic E-state index is 0.0660. The van der Waals surface area contributed by atoms with Gasteiger partial charge in [0.25, 0.3) is 0 Å². The van der Waals surface area contributed by atoms with E-state index in [1.54, 1.807) is 0 Å². The van der Waals surface area contributed by atoms with Crippen molar-refractivity contribution in [2.75, 3.05) is 6.61 Å². The van der Waals surface area contributed by atoms with Gasteiger partial charge in [-0.3, -0.25) is 19.2 Å². The van der Waals surface area contributed by atoms with Crippen molar-refractivity contribution in [3.63, 3.8) is 0 Å². The monoisotopic (exact) mass is 394 g/mol. The van der Waals surface area contributed by atoms with Crippen molar-refractivity contribution in [2.45, 2.75) is 66.1 Å². The second-order valence-electron chi connectivity index (χ2n) is 7.35. The second kappa shape index (κ2) is 10.8. The van der Waals surface area contributed by atoms with Crippen molar-refractivity contribution in [3.8, 4) is 0 Å². The SMILES string of the molecule is C=C1CC/C=C(/COC(C)=O)C[C@@H](OC(C)=O)[C@H](C(C)C)[C@H](OC(C)=O)C1=O. The Morgan fingerprint density at radius 2 is 1.71 bits per heavy atom. The highest BCUT2D eigenvalue weighted by Gasteiger charge is 2.41. The Hall–Kier alpha value is -2.44. The third-order valence-electron chi connectivity index (χ3n) is 4.57. The van der Waals surface area contributed by atoms with Gasteiger partial charge < -0.3 is 14.2 Å². The van der Waals surface area contributed by atoms with Gasteiger partial charge in [-0.1, -0.05) is 26.5 Å². The summed E-state index contributed by atoms with van der Waals surface area (Å²) in [5.41, 5.74) is 1.11. The van der Waals surface area contributed by atoms with Crippen molar-refractivity contribution in [1.82, 2.24) is 0 Å². The molecule has 0 aromatic carbocycles. The van der Waals surface area contributed by atoms with Crippen LogP contribution >= 0.6 is 0 Å². The minimum Gasteiger partial charge on any atom is -0.462 e. The molecule has 0 saturated carbocycles. The number of carbonyl (C=O) groups excluding carboxylic acids is 4. The van der Waals surface area contributed by atoms with Crippen LogP contribution < -0.4 is 0 Å². The van der Waals surface area contributed by atoms with Crippen LogP contribution in [-0.2, 0) is 33.4 Å². The van der Waals surface area contributed by atoms with Crippen molar-refractivity contribution in [2.24, 2.45) is 11.8 Å². The highest BCUT2D eigenvalue weighted by atomic mass is 16.6. The van der Waals surface area contributed by atoms with Crippen molar-refractivity contribution in [1.29, 1.82) is 0 Å². The maximum atomic E-state index is 12.9. The Morgan fingerprint density at radius 1 is 1.11 bits per heavy atom. The molecule has 7 heteroatoms. The Kier molecular flexibility index (Phi) is 9.09. The van der Waals surface area contributed by atoms with Gasteiger partial charge in [-0.25, -0.2) is 0 Å². The molecule has 156 valence electrons. The average Bonchev–Trinajstić information content (AvgIpc) is 2.55. The highest BCUT2D eigenvalue weighted by molar-refractivity contribution is 5.99. The fourth-order valence-electron chi connectivity index (χ4n) is 3.36. The predicted octanol–water partition coefficient (Wildman–Crippen LogP) is 2.92. The van der Waals surface area contributed by atoms with E-state index in [0.29, 0.717) is 18.4 Å². The summed E-state index contributed by atoms with van der Waals surface area (Å²) in [4.78, 5) is 47.6. The molecular weight excluding hydrogens is 364 g/mol. The summed E-state index contributed by atoms with van der Waals surface area (Å²) in [7, 11) is 0. The molecule has 1 aliphatic rings. The van der Waals surface area contributed by atoms with Crippen LogP contribution in [0.15, 0.2) is 23.8 Å². The van der Waals surface area contributed by atoms with E-state index < -0.39 is 36.0 Å². The molecule has 0 bridgehead atoms. The van der Waals surface area contributed by atoms with E-state index in [-0.39, 0.29) is 24.7 Å². The first kappa shape index (κ1) is 23.6. The van der Waals surface area contributed by atoms with Crippen LogP contribution in [0, 0.1) is 11.8 Å². The van der Waals surface area contributed by atoms with E-state index in [0.717, 1.165) is 5.57 Å². The maximum Gasteiger partial charge on any atom is 0.303 e. The van der Waals surface area contributed by atoms with E-state index in [9.17, 15) is 19.2 Å². The maximum absolute atomic E-state index is 12.9. The molecule has 7 nitrogen and oxygen atoms in total. The zero-order valence-corrected chi connectivity index (χ0v) is 17.3. The standard InChI is InChI=1S/C21H30O7/c1-12(2)19-18(27-15(5)23)10-17(11-26-14(4)22)9-7-8-13(3)20(25)21(19)28-16(6)24/h9,12,18-19,21H,3,7-8,10-11H2,1-2,4-6H3/b17-9+/t18-,19+,21+/m1/s1. The molecule has 0 N–H and O–H groups in total. The van der Waals surface area contributed by atoms with Gasteiger partial charge in [-0.05, 0) is 29.9 Å². The minimum atomic E-state index is -1.09. The van der Waals surface area contributed by atoms with Crippen molar-refractivity contribution in [3.05, 3.63) is 23.8 Å². The zero-order chi connectivity index (χ0) is 21.4. The highest BCUT2D eigenvalue weighted by Crippen LogP contribution is 2.32. The molecule has 0 radical (unpaired) electrons. The fraction of sp³-hybridized carbons (Fsp3) is 0.619.